The monoisotopic (exact) mass is 417 g/mol. The minimum atomic E-state index is -1.15. The molecule has 13 heteroatoms. The van der Waals surface area contributed by atoms with Crippen LogP contribution in [0.5, 0.6) is 11.5 Å². The number of hydrogen-bond acceptors (Lipinski definition) is 9. The Morgan fingerprint density at radius 1 is 1.13 bits per heavy atom. The van der Waals surface area contributed by atoms with Gasteiger partial charge in [0.1, 0.15) is 17.6 Å². The summed E-state index contributed by atoms with van der Waals surface area (Å²) in [7, 11) is 0. The first kappa shape index (κ1) is 21.9. The molecule has 0 amide bonds. The number of hydrogen-bond donors (Lipinski definition) is 0. The SMILES string of the molecule is CC(OC(=O)Oc1ccc([N+](=O)[O-])cc1)c1cc(OCCN=[N+]=[N-])ccc1[N+](=O)[O-]. The number of nitro benzene ring substituents is 2. The fourth-order valence-corrected chi connectivity index (χ4v) is 2.33. The molecular formula is C17H15N5O8. The molecule has 0 fully saturated rings. The first-order valence-corrected chi connectivity index (χ1v) is 8.36. The van der Waals surface area contributed by atoms with Gasteiger partial charge in [0.2, 0.25) is 0 Å². The summed E-state index contributed by atoms with van der Waals surface area (Å²) in [5.74, 6) is 0.255. The van der Waals surface area contributed by atoms with Gasteiger partial charge in [-0.3, -0.25) is 20.2 Å². The smallest absolute Gasteiger partial charge is 0.493 e. The van der Waals surface area contributed by atoms with Gasteiger partial charge in [0.15, 0.2) is 0 Å². The highest BCUT2D eigenvalue weighted by Gasteiger charge is 2.24. The molecule has 2 aromatic rings. The number of carbonyl (C=O) groups excluding carboxylic acids is 1. The first-order valence-electron chi connectivity index (χ1n) is 8.36. The van der Waals surface area contributed by atoms with E-state index in [0.717, 1.165) is 12.1 Å². The zero-order valence-corrected chi connectivity index (χ0v) is 15.5. The van der Waals surface area contributed by atoms with E-state index >= 15 is 0 Å². The third-order valence-electron chi connectivity index (χ3n) is 3.68. The van der Waals surface area contributed by atoms with Crippen molar-refractivity contribution in [1.29, 1.82) is 0 Å². The number of benzene rings is 2. The number of nitrogens with zero attached hydrogens (tertiary/aromatic N) is 5. The van der Waals surface area contributed by atoms with Crippen LogP contribution in [0, 0.1) is 20.2 Å². The van der Waals surface area contributed by atoms with E-state index in [2.05, 4.69) is 10.0 Å². The zero-order chi connectivity index (χ0) is 22.1. The van der Waals surface area contributed by atoms with Crippen LogP contribution in [0.15, 0.2) is 47.6 Å². The van der Waals surface area contributed by atoms with Crippen molar-refractivity contribution in [2.75, 3.05) is 13.2 Å². The van der Waals surface area contributed by atoms with Crippen molar-refractivity contribution in [2.45, 2.75) is 13.0 Å². The molecule has 0 aliphatic rings. The Balaban J connectivity index is 2.10. The Hall–Kier alpha value is -4.38. The average Bonchev–Trinajstić information content (AvgIpc) is 2.71. The number of rotatable bonds is 9. The molecule has 0 aromatic heterocycles. The third-order valence-corrected chi connectivity index (χ3v) is 3.68. The molecule has 0 spiro atoms. The third kappa shape index (κ3) is 6.07. The summed E-state index contributed by atoms with van der Waals surface area (Å²) in [5.41, 5.74) is 7.82. The lowest BCUT2D eigenvalue weighted by Gasteiger charge is -2.15. The second-order valence-corrected chi connectivity index (χ2v) is 5.64. The van der Waals surface area contributed by atoms with Crippen LogP contribution in [0.25, 0.3) is 10.4 Å². The standard InChI is InChI=1S/C17H15N5O8/c1-11(29-17(23)30-13-4-2-12(3-5-13)21(24)25)15-10-14(28-9-8-19-20-18)6-7-16(15)22(26)27/h2-7,10-11H,8-9H2,1H3. The molecule has 0 aliphatic heterocycles. The van der Waals surface area contributed by atoms with E-state index in [9.17, 15) is 25.0 Å². The Labute approximate surface area is 168 Å². The predicted molar refractivity (Wildman–Crippen MR) is 101 cm³/mol. The summed E-state index contributed by atoms with van der Waals surface area (Å²) in [5, 5.41) is 25.2. The van der Waals surface area contributed by atoms with Crippen LogP contribution in [-0.4, -0.2) is 29.2 Å². The summed E-state index contributed by atoms with van der Waals surface area (Å²) in [6.07, 6.45) is -2.23. The predicted octanol–water partition coefficient (Wildman–Crippen LogP) is 4.47. The van der Waals surface area contributed by atoms with Gasteiger partial charge in [0, 0.05) is 23.1 Å². The normalized spacial score (nSPS) is 11.0. The Morgan fingerprint density at radius 3 is 2.40 bits per heavy atom. The van der Waals surface area contributed by atoms with E-state index in [0.29, 0.717) is 0 Å². The molecule has 0 saturated heterocycles. The molecule has 156 valence electrons. The van der Waals surface area contributed by atoms with Gasteiger partial charge in [0.25, 0.3) is 11.4 Å². The van der Waals surface area contributed by atoms with Gasteiger partial charge < -0.3 is 14.2 Å². The first-order chi connectivity index (χ1) is 14.3. The van der Waals surface area contributed by atoms with Crippen LogP contribution in [0.3, 0.4) is 0 Å². The molecule has 0 bridgehead atoms. The van der Waals surface area contributed by atoms with E-state index in [-0.39, 0.29) is 41.6 Å². The number of non-ortho nitro benzene ring substituents is 1. The highest BCUT2D eigenvalue weighted by molar-refractivity contribution is 5.64. The molecular weight excluding hydrogens is 402 g/mol. The Morgan fingerprint density at radius 2 is 1.80 bits per heavy atom. The summed E-state index contributed by atoms with van der Waals surface area (Å²) >= 11 is 0. The molecule has 0 N–H and O–H groups in total. The van der Waals surface area contributed by atoms with Crippen molar-refractivity contribution < 1.29 is 28.9 Å². The molecule has 2 rings (SSSR count). The van der Waals surface area contributed by atoms with Crippen molar-refractivity contribution in [3.8, 4) is 11.5 Å². The molecule has 0 saturated carbocycles. The van der Waals surface area contributed by atoms with Gasteiger partial charge in [-0.05, 0) is 36.7 Å². The van der Waals surface area contributed by atoms with Crippen LogP contribution in [0.4, 0.5) is 16.2 Å². The molecule has 2 aromatic carbocycles. The fourth-order valence-electron chi connectivity index (χ4n) is 2.33. The number of ether oxygens (including phenoxy) is 3. The minimum absolute atomic E-state index is 0.00225. The van der Waals surface area contributed by atoms with Crippen LogP contribution in [-0.2, 0) is 4.74 Å². The van der Waals surface area contributed by atoms with Crippen LogP contribution in [0.2, 0.25) is 0 Å². The zero-order valence-electron chi connectivity index (χ0n) is 15.5. The number of azide groups is 1. The van der Waals surface area contributed by atoms with Gasteiger partial charge in [-0.1, -0.05) is 5.11 Å². The lowest BCUT2D eigenvalue weighted by Crippen LogP contribution is -2.14. The topological polar surface area (TPSA) is 180 Å². The maximum atomic E-state index is 12.0. The Kier molecular flexibility index (Phi) is 7.48. The van der Waals surface area contributed by atoms with E-state index in [1.54, 1.807) is 0 Å². The molecule has 0 aliphatic carbocycles. The number of nitro groups is 2. The van der Waals surface area contributed by atoms with E-state index in [1.807, 2.05) is 0 Å². The van der Waals surface area contributed by atoms with Crippen molar-refractivity contribution in [1.82, 2.24) is 0 Å². The average molecular weight is 417 g/mol. The van der Waals surface area contributed by atoms with Gasteiger partial charge in [-0.15, -0.1) is 0 Å². The van der Waals surface area contributed by atoms with Crippen molar-refractivity contribution >= 4 is 17.5 Å². The maximum Gasteiger partial charge on any atom is 0.514 e. The molecule has 30 heavy (non-hydrogen) atoms. The maximum absolute atomic E-state index is 12.0. The summed E-state index contributed by atoms with van der Waals surface area (Å²) in [4.78, 5) is 35.3. The molecule has 0 radical (unpaired) electrons. The van der Waals surface area contributed by atoms with Gasteiger partial charge >= 0.3 is 6.16 Å². The highest BCUT2D eigenvalue weighted by Crippen LogP contribution is 2.31. The number of carbonyl (C=O) groups is 1. The molecule has 13 nitrogen and oxygen atoms in total. The minimum Gasteiger partial charge on any atom is -0.493 e. The van der Waals surface area contributed by atoms with Gasteiger partial charge in [-0.2, -0.15) is 0 Å². The quantitative estimate of drug-likeness (QED) is 0.0837. The summed E-state index contributed by atoms with van der Waals surface area (Å²) < 4.78 is 15.4. The van der Waals surface area contributed by atoms with Crippen LogP contribution < -0.4 is 9.47 Å². The van der Waals surface area contributed by atoms with Crippen LogP contribution >= 0.6 is 0 Å². The Bertz CT molecular complexity index is 988. The molecule has 0 heterocycles. The van der Waals surface area contributed by atoms with Gasteiger partial charge in [0.05, 0.1) is 28.6 Å². The lowest BCUT2D eigenvalue weighted by atomic mass is 10.1. The van der Waals surface area contributed by atoms with E-state index in [1.165, 1.54) is 37.3 Å². The van der Waals surface area contributed by atoms with E-state index in [4.69, 9.17) is 19.7 Å². The summed E-state index contributed by atoms with van der Waals surface area (Å²) in [6, 6.07) is 8.61. The molecule has 1 unspecified atom stereocenters. The fraction of sp³-hybridized carbons (Fsp3) is 0.235. The van der Waals surface area contributed by atoms with Crippen molar-refractivity contribution in [2.24, 2.45) is 5.11 Å². The lowest BCUT2D eigenvalue weighted by molar-refractivity contribution is -0.386. The van der Waals surface area contributed by atoms with Crippen LogP contribution in [0.1, 0.15) is 18.6 Å². The van der Waals surface area contributed by atoms with Crippen molar-refractivity contribution in [3.63, 3.8) is 0 Å². The second kappa shape index (κ2) is 10.2. The molecule has 1 atom stereocenters. The second-order valence-electron chi connectivity index (χ2n) is 5.64. The van der Waals surface area contributed by atoms with Gasteiger partial charge in [-0.25, -0.2) is 4.79 Å². The highest BCUT2D eigenvalue weighted by atomic mass is 16.7. The van der Waals surface area contributed by atoms with E-state index < -0.39 is 22.1 Å². The van der Waals surface area contributed by atoms with Crippen molar-refractivity contribution in [3.05, 3.63) is 78.7 Å². The largest absolute Gasteiger partial charge is 0.514 e. The summed E-state index contributed by atoms with van der Waals surface area (Å²) in [6.45, 7) is 1.53.